The number of ether oxygens (including phenoxy) is 1. The topological polar surface area (TPSA) is 79.2 Å². The predicted molar refractivity (Wildman–Crippen MR) is 114 cm³/mol. The smallest absolute Gasteiger partial charge is 0.258 e. The van der Waals surface area contributed by atoms with Gasteiger partial charge in [0.1, 0.15) is 17.6 Å². The molecule has 0 radical (unpaired) electrons. The second-order valence-electron chi connectivity index (χ2n) is 7.95. The van der Waals surface area contributed by atoms with Crippen LogP contribution in [0.5, 0.6) is 5.75 Å². The molecule has 1 amide bonds. The maximum atomic E-state index is 13.4. The van der Waals surface area contributed by atoms with Crippen molar-refractivity contribution < 1.29 is 18.7 Å². The number of amides is 1. The number of benzene rings is 1. The lowest BCUT2D eigenvalue weighted by molar-refractivity contribution is -0.164. The first-order valence-electron chi connectivity index (χ1n) is 9.27. The van der Waals surface area contributed by atoms with Gasteiger partial charge in [-0.05, 0) is 49.1 Å². The molecule has 3 saturated carbocycles. The van der Waals surface area contributed by atoms with Crippen LogP contribution in [0.15, 0.2) is 28.5 Å². The number of carbonyl (C=O) groups excluding carboxylic acids is 2. The molecule has 0 aliphatic heterocycles. The van der Waals surface area contributed by atoms with Crippen LogP contribution in [0.25, 0.3) is 0 Å². The van der Waals surface area contributed by atoms with Crippen molar-refractivity contribution in [3.05, 3.63) is 45.5 Å². The molecule has 1 aromatic heterocycles. The number of hydrogen-bond acceptors (Lipinski definition) is 6. The van der Waals surface area contributed by atoms with E-state index in [2.05, 4.69) is 11.4 Å². The molecule has 3 fully saturated rings. The van der Waals surface area contributed by atoms with Crippen LogP contribution in [0.4, 0.5) is 4.39 Å². The summed E-state index contributed by atoms with van der Waals surface area (Å²) in [7, 11) is 0. The number of thioether (sulfide) groups is 1. The molecular formula is C21H18ClFN2O3S2. The van der Waals surface area contributed by atoms with E-state index >= 15 is 0 Å². The summed E-state index contributed by atoms with van der Waals surface area (Å²) >= 11 is 8.47. The minimum absolute atomic E-state index is 0.00317. The lowest BCUT2D eigenvalue weighted by atomic mass is 9.38. The Morgan fingerprint density at radius 2 is 2.10 bits per heavy atom. The largest absolute Gasteiger partial charge is 0.484 e. The average molecular weight is 465 g/mol. The number of halogens is 2. The van der Waals surface area contributed by atoms with Gasteiger partial charge in [-0.3, -0.25) is 9.59 Å². The number of Topliss-reactive ketones (excluding diaryl/α,β-unsaturated/α-hetero) is 1. The fraction of sp³-hybridized carbons (Fsp3) is 0.381. The number of nitrogens with one attached hydrogen (secondary N) is 1. The Balaban J connectivity index is 1.26. The van der Waals surface area contributed by atoms with Crippen molar-refractivity contribution in [2.75, 3.05) is 12.9 Å². The van der Waals surface area contributed by atoms with Crippen LogP contribution in [0.2, 0.25) is 5.02 Å². The first-order valence-corrected chi connectivity index (χ1v) is 11.7. The lowest BCUT2D eigenvalue weighted by Gasteiger charge is -2.70. The fourth-order valence-corrected chi connectivity index (χ4v) is 6.36. The molecule has 3 aliphatic rings. The second-order valence-corrected chi connectivity index (χ2v) is 10.5. The summed E-state index contributed by atoms with van der Waals surface area (Å²) in [6.45, 7) is -0.210. The van der Waals surface area contributed by atoms with Gasteiger partial charge in [-0.2, -0.15) is 5.26 Å². The summed E-state index contributed by atoms with van der Waals surface area (Å²) in [5.41, 5.74) is 0.238. The van der Waals surface area contributed by atoms with Gasteiger partial charge in [-0.15, -0.1) is 23.1 Å². The van der Waals surface area contributed by atoms with Crippen LogP contribution in [0.3, 0.4) is 0 Å². The first-order chi connectivity index (χ1) is 14.3. The van der Waals surface area contributed by atoms with Gasteiger partial charge in [-0.25, -0.2) is 4.39 Å². The molecule has 5 nitrogen and oxygen atoms in total. The van der Waals surface area contributed by atoms with Crippen LogP contribution >= 0.6 is 34.7 Å². The van der Waals surface area contributed by atoms with E-state index in [1.54, 1.807) is 6.07 Å². The van der Waals surface area contributed by atoms with Gasteiger partial charge < -0.3 is 10.1 Å². The molecule has 30 heavy (non-hydrogen) atoms. The van der Waals surface area contributed by atoms with E-state index in [0.717, 1.165) is 29.5 Å². The average Bonchev–Trinajstić information content (AvgIpc) is 3.10. The zero-order valence-electron chi connectivity index (χ0n) is 16.1. The summed E-state index contributed by atoms with van der Waals surface area (Å²) in [5, 5.41) is 12.1. The van der Waals surface area contributed by atoms with Gasteiger partial charge in [-0.1, -0.05) is 11.6 Å². The lowest BCUT2D eigenvalue weighted by Crippen LogP contribution is -2.75. The highest BCUT2D eigenvalue weighted by molar-refractivity contribution is 8.00. The fourth-order valence-electron chi connectivity index (χ4n) is 4.53. The van der Waals surface area contributed by atoms with Crippen LogP contribution in [0, 0.1) is 22.6 Å². The highest BCUT2D eigenvalue weighted by Gasteiger charge is 2.68. The monoisotopic (exact) mass is 464 g/mol. The maximum absolute atomic E-state index is 13.4. The number of ketones is 1. The van der Waals surface area contributed by atoms with Gasteiger partial charge in [0.05, 0.1) is 19.7 Å². The van der Waals surface area contributed by atoms with E-state index in [0.29, 0.717) is 16.9 Å². The Bertz CT molecular complexity index is 1060. The molecule has 0 atom stereocenters. The predicted octanol–water partition coefficient (Wildman–Crippen LogP) is 4.82. The Morgan fingerprint density at radius 3 is 2.70 bits per heavy atom. The highest BCUT2D eigenvalue weighted by Crippen LogP contribution is 2.69. The first kappa shape index (κ1) is 21.2. The molecule has 3 aliphatic carbocycles. The van der Waals surface area contributed by atoms with Crippen LogP contribution < -0.4 is 10.1 Å². The molecule has 1 heterocycles. The standard InChI is InChI=1S/C21H18ClFN2O3S2/c1-29-19-12(7-24)4-17(30-19)16(26)6-20-9-21(10-20,11-20)25-18(27)8-28-13-2-3-14(22)15(23)5-13/h2-5H,6,8-11H2,1H3,(H,25,27). The van der Waals surface area contributed by atoms with Crippen molar-refractivity contribution in [3.63, 3.8) is 0 Å². The molecule has 1 aromatic carbocycles. The number of hydrogen-bond donors (Lipinski definition) is 1. The van der Waals surface area contributed by atoms with Crippen molar-refractivity contribution in [2.45, 2.75) is 35.4 Å². The third-order valence-corrected chi connectivity index (χ3v) is 8.24. The summed E-state index contributed by atoms with van der Waals surface area (Å²) in [6.07, 6.45) is 4.61. The van der Waals surface area contributed by atoms with Crippen LogP contribution in [-0.2, 0) is 4.79 Å². The molecule has 0 unspecified atom stereocenters. The zero-order chi connectivity index (χ0) is 21.5. The molecule has 0 spiro atoms. The van der Waals surface area contributed by atoms with Gasteiger partial charge >= 0.3 is 0 Å². The van der Waals surface area contributed by atoms with Crippen molar-refractivity contribution in [2.24, 2.45) is 5.41 Å². The minimum atomic E-state index is -0.599. The summed E-state index contributed by atoms with van der Waals surface area (Å²) < 4.78 is 19.6. The van der Waals surface area contributed by atoms with Gasteiger partial charge in [0, 0.05) is 18.0 Å². The SMILES string of the molecule is CSc1sc(C(=O)CC23CC(NC(=O)COc4ccc(Cl)c(F)c4)(C2)C3)cc1C#N. The molecular weight excluding hydrogens is 447 g/mol. The number of carbonyl (C=O) groups is 2. The molecule has 156 valence electrons. The summed E-state index contributed by atoms with van der Waals surface area (Å²) in [6, 6.07) is 7.83. The van der Waals surface area contributed by atoms with Gasteiger partial charge in [0.25, 0.3) is 5.91 Å². The Kier molecular flexibility index (Phi) is 5.56. The maximum Gasteiger partial charge on any atom is 0.258 e. The normalized spacial score (nSPS) is 23.7. The van der Waals surface area contributed by atoms with Crippen molar-refractivity contribution in [1.29, 1.82) is 5.26 Å². The van der Waals surface area contributed by atoms with E-state index in [4.69, 9.17) is 21.6 Å². The van der Waals surface area contributed by atoms with E-state index in [-0.39, 0.29) is 40.0 Å². The zero-order valence-corrected chi connectivity index (χ0v) is 18.5. The number of nitrogens with zero attached hydrogens (tertiary/aromatic N) is 1. The molecule has 1 N–H and O–H groups in total. The second kappa shape index (κ2) is 7.88. The van der Waals surface area contributed by atoms with Crippen molar-refractivity contribution in [1.82, 2.24) is 5.32 Å². The summed E-state index contributed by atoms with van der Waals surface area (Å²) in [5.74, 6) is -0.571. The van der Waals surface area contributed by atoms with E-state index in [9.17, 15) is 14.0 Å². The molecule has 2 bridgehead atoms. The van der Waals surface area contributed by atoms with Gasteiger partial charge in [0.15, 0.2) is 12.4 Å². The molecule has 2 aromatic rings. The summed E-state index contributed by atoms with van der Waals surface area (Å²) in [4.78, 5) is 25.5. The molecule has 9 heteroatoms. The Morgan fingerprint density at radius 1 is 1.37 bits per heavy atom. The third-order valence-electron chi connectivity index (χ3n) is 5.62. The van der Waals surface area contributed by atoms with E-state index in [1.807, 2.05) is 6.26 Å². The van der Waals surface area contributed by atoms with Crippen LogP contribution in [-0.4, -0.2) is 30.1 Å². The minimum Gasteiger partial charge on any atom is -0.484 e. The number of rotatable bonds is 8. The Labute approximate surface area is 186 Å². The molecule has 5 rings (SSSR count). The van der Waals surface area contributed by atoms with Crippen molar-refractivity contribution >= 4 is 46.4 Å². The van der Waals surface area contributed by atoms with E-state index in [1.165, 1.54) is 35.2 Å². The molecule has 0 saturated heterocycles. The third kappa shape index (κ3) is 3.94. The Hall–Kier alpha value is -2.08. The highest BCUT2D eigenvalue weighted by atomic mass is 35.5. The van der Waals surface area contributed by atoms with Crippen LogP contribution in [0.1, 0.15) is 40.9 Å². The van der Waals surface area contributed by atoms with E-state index < -0.39 is 5.82 Å². The quantitative estimate of drug-likeness (QED) is 0.447. The number of nitriles is 1. The van der Waals surface area contributed by atoms with Crippen molar-refractivity contribution in [3.8, 4) is 11.8 Å². The number of thiophene rings is 1. The van der Waals surface area contributed by atoms with Gasteiger partial charge in [0.2, 0.25) is 0 Å².